The second-order valence-electron chi connectivity index (χ2n) is 4.97. The summed E-state index contributed by atoms with van der Waals surface area (Å²) in [6.07, 6.45) is 5.07. The Kier molecular flexibility index (Phi) is 3.62. The van der Waals surface area contributed by atoms with E-state index in [-0.39, 0.29) is 5.54 Å². The van der Waals surface area contributed by atoms with Gasteiger partial charge in [-0.05, 0) is 25.3 Å². The lowest BCUT2D eigenvalue weighted by atomic mass is 9.95. The first-order valence-corrected chi connectivity index (χ1v) is 6.28. The SMILES string of the molecule is CC(NC1(CN)CCCC1)c1ccccc1. The minimum Gasteiger partial charge on any atom is -0.329 e. The normalized spacial score (nSPS) is 20.9. The van der Waals surface area contributed by atoms with E-state index in [0.717, 1.165) is 6.54 Å². The van der Waals surface area contributed by atoms with Crippen molar-refractivity contribution in [1.82, 2.24) is 5.32 Å². The summed E-state index contributed by atoms with van der Waals surface area (Å²) in [7, 11) is 0. The topological polar surface area (TPSA) is 38.0 Å². The van der Waals surface area contributed by atoms with E-state index in [1.165, 1.54) is 31.2 Å². The lowest BCUT2D eigenvalue weighted by Gasteiger charge is -2.32. The summed E-state index contributed by atoms with van der Waals surface area (Å²) in [5.41, 5.74) is 7.47. The Morgan fingerprint density at radius 2 is 1.88 bits per heavy atom. The molecule has 0 saturated heterocycles. The van der Waals surface area contributed by atoms with Gasteiger partial charge in [-0.25, -0.2) is 0 Å². The molecule has 1 unspecified atom stereocenters. The molecule has 16 heavy (non-hydrogen) atoms. The van der Waals surface area contributed by atoms with Gasteiger partial charge in [-0.1, -0.05) is 43.2 Å². The zero-order valence-corrected chi connectivity index (χ0v) is 10.1. The van der Waals surface area contributed by atoms with Crippen molar-refractivity contribution in [1.29, 1.82) is 0 Å². The number of rotatable bonds is 4. The number of hydrogen-bond acceptors (Lipinski definition) is 2. The summed E-state index contributed by atoms with van der Waals surface area (Å²) in [4.78, 5) is 0. The molecule has 0 bridgehead atoms. The van der Waals surface area contributed by atoms with E-state index in [0.29, 0.717) is 6.04 Å². The van der Waals surface area contributed by atoms with Gasteiger partial charge in [0.2, 0.25) is 0 Å². The molecule has 0 aromatic heterocycles. The van der Waals surface area contributed by atoms with Crippen LogP contribution in [0.1, 0.15) is 44.2 Å². The Labute approximate surface area is 98.2 Å². The van der Waals surface area contributed by atoms with Crippen LogP contribution in [0.25, 0.3) is 0 Å². The summed E-state index contributed by atoms with van der Waals surface area (Å²) >= 11 is 0. The molecule has 1 aromatic rings. The highest BCUT2D eigenvalue weighted by molar-refractivity contribution is 5.19. The molecule has 1 saturated carbocycles. The van der Waals surface area contributed by atoms with E-state index < -0.39 is 0 Å². The average Bonchev–Trinajstić information content (AvgIpc) is 2.79. The highest BCUT2D eigenvalue weighted by Crippen LogP contribution is 2.31. The third-order valence-electron chi connectivity index (χ3n) is 3.77. The molecular weight excluding hydrogens is 196 g/mol. The van der Waals surface area contributed by atoms with Gasteiger partial charge >= 0.3 is 0 Å². The predicted molar refractivity (Wildman–Crippen MR) is 68.2 cm³/mol. The molecule has 0 aliphatic heterocycles. The average molecular weight is 218 g/mol. The maximum Gasteiger partial charge on any atom is 0.0309 e. The zero-order valence-electron chi connectivity index (χ0n) is 10.1. The van der Waals surface area contributed by atoms with E-state index in [1.54, 1.807) is 0 Å². The third kappa shape index (κ3) is 2.45. The van der Waals surface area contributed by atoms with Crippen LogP contribution in [-0.4, -0.2) is 12.1 Å². The van der Waals surface area contributed by atoms with Gasteiger partial charge in [-0.2, -0.15) is 0 Å². The molecule has 88 valence electrons. The molecule has 1 aliphatic rings. The van der Waals surface area contributed by atoms with Crippen molar-refractivity contribution in [2.75, 3.05) is 6.54 Å². The fraction of sp³-hybridized carbons (Fsp3) is 0.571. The molecule has 2 nitrogen and oxygen atoms in total. The smallest absolute Gasteiger partial charge is 0.0309 e. The van der Waals surface area contributed by atoms with E-state index in [1.807, 2.05) is 0 Å². The first-order chi connectivity index (χ1) is 7.76. The second kappa shape index (κ2) is 4.98. The van der Waals surface area contributed by atoms with Crippen LogP contribution >= 0.6 is 0 Å². The van der Waals surface area contributed by atoms with Crippen LogP contribution in [0.5, 0.6) is 0 Å². The van der Waals surface area contributed by atoms with Crippen molar-refractivity contribution >= 4 is 0 Å². The van der Waals surface area contributed by atoms with Gasteiger partial charge in [-0.15, -0.1) is 0 Å². The van der Waals surface area contributed by atoms with Crippen LogP contribution in [0.2, 0.25) is 0 Å². The van der Waals surface area contributed by atoms with Gasteiger partial charge in [0.1, 0.15) is 0 Å². The minimum atomic E-state index is 0.190. The van der Waals surface area contributed by atoms with Gasteiger partial charge in [0.05, 0.1) is 0 Å². The Bertz CT molecular complexity index is 315. The van der Waals surface area contributed by atoms with E-state index in [2.05, 4.69) is 42.6 Å². The van der Waals surface area contributed by atoms with E-state index in [9.17, 15) is 0 Å². The Balaban J connectivity index is 2.03. The molecule has 1 aliphatic carbocycles. The first kappa shape index (κ1) is 11.6. The van der Waals surface area contributed by atoms with Crippen LogP contribution in [-0.2, 0) is 0 Å². The molecule has 0 amide bonds. The van der Waals surface area contributed by atoms with Crippen molar-refractivity contribution in [3.63, 3.8) is 0 Å². The third-order valence-corrected chi connectivity index (χ3v) is 3.77. The van der Waals surface area contributed by atoms with E-state index in [4.69, 9.17) is 5.73 Å². The Hall–Kier alpha value is -0.860. The minimum absolute atomic E-state index is 0.190. The highest BCUT2D eigenvalue weighted by Gasteiger charge is 2.33. The van der Waals surface area contributed by atoms with Crippen LogP contribution in [0.4, 0.5) is 0 Å². The van der Waals surface area contributed by atoms with Crippen molar-refractivity contribution in [2.45, 2.75) is 44.2 Å². The fourth-order valence-electron chi connectivity index (χ4n) is 2.74. The molecule has 0 heterocycles. The molecule has 0 radical (unpaired) electrons. The van der Waals surface area contributed by atoms with Crippen LogP contribution in [0.3, 0.4) is 0 Å². The molecule has 2 rings (SSSR count). The monoisotopic (exact) mass is 218 g/mol. The lowest BCUT2D eigenvalue weighted by Crippen LogP contribution is -2.49. The van der Waals surface area contributed by atoms with Crippen molar-refractivity contribution in [2.24, 2.45) is 5.73 Å². The maximum absolute atomic E-state index is 5.93. The molecule has 3 N–H and O–H groups in total. The van der Waals surface area contributed by atoms with Gasteiger partial charge in [0.15, 0.2) is 0 Å². The summed E-state index contributed by atoms with van der Waals surface area (Å²) in [6, 6.07) is 11.0. The Morgan fingerprint density at radius 1 is 1.25 bits per heavy atom. The van der Waals surface area contributed by atoms with Crippen LogP contribution in [0, 0.1) is 0 Å². The highest BCUT2D eigenvalue weighted by atomic mass is 15.0. The van der Waals surface area contributed by atoms with Crippen LogP contribution in [0.15, 0.2) is 30.3 Å². The number of hydrogen-bond donors (Lipinski definition) is 2. The maximum atomic E-state index is 5.93. The summed E-state index contributed by atoms with van der Waals surface area (Å²) in [6.45, 7) is 2.98. The summed E-state index contributed by atoms with van der Waals surface area (Å²) in [5, 5.41) is 3.73. The lowest BCUT2D eigenvalue weighted by molar-refractivity contribution is 0.307. The molecular formula is C14H22N2. The van der Waals surface area contributed by atoms with Crippen molar-refractivity contribution < 1.29 is 0 Å². The number of nitrogens with two attached hydrogens (primary N) is 1. The van der Waals surface area contributed by atoms with Crippen molar-refractivity contribution in [3.8, 4) is 0 Å². The Morgan fingerprint density at radius 3 is 2.44 bits per heavy atom. The van der Waals surface area contributed by atoms with Crippen molar-refractivity contribution in [3.05, 3.63) is 35.9 Å². The molecule has 1 aromatic carbocycles. The number of nitrogens with one attached hydrogen (secondary N) is 1. The first-order valence-electron chi connectivity index (χ1n) is 6.28. The quantitative estimate of drug-likeness (QED) is 0.815. The largest absolute Gasteiger partial charge is 0.329 e. The van der Waals surface area contributed by atoms with Gasteiger partial charge in [-0.3, -0.25) is 0 Å². The van der Waals surface area contributed by atoms with Gasteiger partial charge < -0.3 is 11.1 Å². The molecule has 1 fully saturated rings. The van der Waals surface area contributed by atoms with Gasteiger partial charge in [0.25, 0.3) is 0 Å². The number of benzene rings is 1. The zero-order chi connectivity index (χ0) is 11.4. The predicted octanol–water partition coefficient (Wildman–Crippen LogP) is 2.61. The fourth-order valence-corrected chi connectivity index (χ4v) is 2.74. The molecule has 1 atom stereocenters. The second-order valence-corrected chi connectivity index (χ2v) is 4.97. The summed E-state index contributed by atoms with van der Waals surface area (Å²) < 4.78 is 0. The standard InChI is InChI=1S/C14H22N2/c1-12(13-7-3-2-4-8-13)16-14(11-15)9-5-6-10-14/h2-4,7-8,12,16H,5-6,9-11,15H2,1H3. The summed E-state index contributed by atoms with van der Waals surface area (Å²) in [5.74, 6) is 0. The molecule has 2 heteroatoms. The van der Waals surface area contributed by atoms with Crippen LogP contribution < -0.4 is 11.1 Å². The van der Waals surface area contributed by atoms with Gasteiger partial charge in [0, 0.05) is 18.1 Å². The van der Waals surface area contributed by atoms with E-state index >= 15 is 0 Å². The molecule has 0 spiro atoms.